The number of hydrogen-bond acceptors (Lipinski definition) is 7. The number of imidazole rings is 1. The molecule has 1 aromatic carbocycles. The quantitative estimate of drug-likeness (QED) is 0.411. The average molecular weight is 381 g/mol. The fraction of sp³-hybridized carbons (Fsp3) is 0.389. The van der Waals surface area contributed by atoms with E-state index in [9.17, 15) is 10.4 Å². The van der Waals surface area contributed by atoms with Gasteiger partial charge in [-0.1, -0.05) is 36.7 Å². The van der Waals surface area contributed by atoms with E-state index in [0.717, 1.165) is 23.9 Å². The number of tetrazole rings is 1. The molecule has 0 radical (unpaired) electrons. The summed E-state index contributed by atoms with van der Waals surface area (Å²) in [6.07, 6.45) is 4.52. The van der Waals surface area contributed by atoms with E-state index in [0.29, 0.717) is 17.0 Å². The van der Waals surface area contributed by atoms with E-state index in [1.54, 1.807) is 0 Å². The minimum Gasteiger partial charge on any atom is -0.510 e. The second-order valence-corrected chi connectivity index (χ2v) is 7.49. The third-order valence-corrected chi connectivity index (χ3v) is 5.83. The van der Waals surface area contributed by atoms with E-state index >= 15 is 0 Å². The number of nitriles is 1. The van der Waals surface area contributed by atoms with Crippen molar-refractivity contribution in [2.45, 2.75) is 36.9 Å². The predicted octanol–water partition coefficient (Wildman–Crippen LogP) is 3.26. The molecular weight excluding hydrogens is 362 g/mol. The van der Waals surface area contributed by atoms with E-state index in [1.165, 1.54) is 24.6 Å². The maximum absolute atomic E-state index is 10.6. The summed E-state index contributed by atoms with van der Waals surface area (Å²) in [4.78, 5) is 4.50. The van der Waals surface area contributed by atoms with Gasteiger partial charge in [-0.25, -0.2) is 9.67 Å². The van der Waals surface area contributed by atoms with Crippen LogP contribution >= 0.6 is 11.8 Å². The van der Waals surface area contributed by atoms with Crippen molar-refractivity contribution in [2.24, 2.45) is 7.05 Å². The molecule has 138 valence electrons. The predicted molar refractivity (Wildman–Crippen MR) is 102 cm³/mol. The number of aryl methyl sites for hydroxylation is 1. The number of aromatic nitrogens is 6. The summed E-state index contributed by atoms with van der Waals surface area (Å²) >= 11 is 1.33. The van der Waals surface area contributed by atoms with Gasteiger partial charge in [0.15, 0.2) is 5.82 Å². The van der Waals surface area contributed by atoms with Gasteiger partial charge in [0, 0.05) is 7.05 Å². The lowest BCUT2D eigenvalue weighted by Crippen LogP contribution is -2.09. The van der Waals surface area contributed by atoms with Crippen LogP contribution < -0.4 is 0 Å². The number of aliphatic hydroxyl groups excluding tert-OH is 1. The Hall–Kier alpha value is -2.86. The molecule has 3 aromatic rings. The van der Waals surface area contributed by atoms with Crippen molar-refractivity contribution in [3.63, 3.8) is 0 Å². The lowest BCUT2D eigenvalue weighted by Gasteiger charge is -2.10. The minimum absolute atomic E-state index is 0.0260. The van der Waals surface area contributed by atoms with Gasteiger partial charge in [0.2, 0.25) is 5.16 Å². The molecule has 2 aromatic heterocycles. The first-order valence-electron chi connectivity index (χ1n) is 8.83. The Morgan fingerprint density at radius 1 is 1.33 bits per heavy atom. The number of benzene rings is 1. The maximum Gasteiger partial charge on any atom is 0.210 e. The Kier molecular flexibility index (Phi) is 4.81. The molecule has 0 unspecified atom stereocenters. The summed E-state index contributed by atoms with van der Waals surface area (Å²) in [6.45, 7) is 0. The number of rotatable bonds is 5. The highest BCUT2D eigenvalue weighted by Gasteiger charge is 2.22. The van der Waals surface area contributed by atoms with Crippen LogP contribution in [-0.4, -0.2) is 40.6 Å². The standard InChI is InChI=1S/C18H19N7OS/c1-24-15-9-5-4-8-14(15)20-17(24)13(10-19)16(26)11-27-18-21-22-23-25(18)12-6-2-3-7-12/h4-5,8-9,12,26H,2-3,6-7,11H2,1H3/b16-13-. The average Bonchev–Trinajstić information content (AvgIpc) is 3.41. The number of fused-ring (bicyclic) bond motifs is 1. The number of allylic oxidation sites excluding steroid dienone is 1. The Morgan fingerprint density at radius 2 is 2.11 bits per heavy atom. The summed E-state index contributed by atoms with van der Waals surface area (Å²) < 4.78 is 3.66. The highest BCUT2D eigenvalue weighted by molar-refractivity contribution is 7.99. The highest BCUT2D eigenvalue weighted by atomic mass is 32.2. The van der Waals surface area contributed by atoms with E-state index < -0.39 is 0 Å². The van der Waals surface area contributed by atoms with Crippen LogP contribution in [-0.2, 0) is 7.05 Å². The first-order valence-corrected chi connectivity index (χ1v) is 9.82. The van der Waals surface area contributed by atoms with Gasteiger partial charge in [-0.2, -0.15) is 5.26 Å². The normalized spacial score (nSPS) is 15.9. The topological polar surface area (TPSA) is 105 Å². The van der Waals surface area contributed by atoms with Crippen molar-refractivity contribution in [1.82, 2.24) is 29.8 Å². The molecule has 0 spiro atoms. The summed E-state index contributed by atoms with van der Waals surface area (Å²) in [7, 11) is 1.84. The molecule has 1 fully saturated rings. The van der Waals surface area contributed by atoms with Crippen molar-refractivity contribution < 1.29 is 5.11 Å². The number of aliphatic hydroxyl groups is 1. The van der Waals surface area contributed by atoms with Gasteiger partial charge in [0.25, 0.3) is 0 Å². The van der Waals surface area contributed by atoms with Crippen LogP contribution in [0.25, 0.3) is 16.6 Å². The van der Waals surface area contributed by atoms with Crippen LogP contribution in [0.3, 0.4) is 0 Å². The summed E-state index contributed by atoms with van der Waals surface area (Å²) in [5.41, 5.74) is 1.86. The van der Waals surface area contributed by atoms with Crippen molar-refractivity contribution >= 4 is 28.4 Å². The van der Waals surface area contributed by atoms with Crippen LogP contribution in [0.15, 0.2) is 35.2 Å². The number of para-hydroxylation sites is 2. The van der Waals surface area contributed by atoms with E-state index in [2.05, 4.69) is 26.6 Å². The number of hydrogen-bond donors (Lipinski definition) is 1. The van der Waals surface area contributed by atoms with E-state index in [1.807, 2.05) is 40.6 Å². The third-order valence-electron chi connectivity index (χ3n) is 4.88. The highest BCUT2D eigenvalue weighted by Crippen LogP contribution is 2.32. The fourth-order valence-electron chi connectivity index (χ4n) is 3.48. The molecule has 0 saturated heterocycles. The number of nitrogens with zero attached hydrogens (tertiary/aromatic N) is 7. The zero-order valence-electron chi connectivity index (χ0n) is 14.9. The molecule has 0 bridgehead atoms. The molecule has 4 rings (SSSR count). The van der Waals surface area contributed by atoms with Gasteiger partial charge >= 0.3 is 0 Å². The molecule has 1 saturated carbocycles. The van der Waals surface area contributed by atoms with Crippen molar-refractivity contribution in [2.75, 3.05) is 5.75 Å². The van der Waals surface area contributed by atoms with Gasteiger partial charge in [-0.3, -0.25) is 0 Å². The molecule has 0 amide bonds. The van der Waals surface area contributed by atoms with E-state index in [-0.39, 0.29) is 17.1 Å². The van der Waals surface area contributed by atoms with Crippen molar-refractivity contribution in [3.8, 4) is 6.07 Å². The fourth-order valence-corrected chi connectivity index (χ4v) is 4.30. The zero-order chi connectivity index (χ0) is 18.8. The smallest absolute Gasteiger partial charge is 0.210 e. The zero-order valence-corrected chi connectivity index (χ0v) is 15.7. The molecule has 1 aliphatic carbocycles. The SMILES string of the molecule is Cn1c(/C(C#N)=C(\O)CSc2nnnn2C2CCCC2)nc2ccccc21. The Morgan fingerprint density at radius 3 is 2.85 bits per heavy atom. The Labute approximate surface area is 160 Å². The van der Waals surface area contributed by atoms with Crippen LogP contribution in [0.5, 0.6) is 0 Å². The summed E-state index contributed by atoms with van der Waals surface area (Å²) in [6, 6.07) is 10.0. The van der Waals surface area contributed by atoms with Gasteiger partial charge in [-0.15, -0.1) is 5.10 Å². The molecule has 9 heteroatoms. The first kappa shape index (κ1) is 17.5. The largest absolute Gasteiger partial charge is 0.510 e. The Balaban J connectivity index is 1.59. The van der Waals surface area contributed by atoms with Gasteiger partial charge in [0.05, 0.1) is 22.8 Å². The second kappa shape index (κ2) is 7.40. The van der Waals surface area contributed by atoms with Gasteiger partial charge in [-0.05, 0) is 35.4 Å². The van der Waals surface area contributed by atoms with Crippen LogP contribution in [0.4, 0.5) is 0 Å². The molecule has 27 heavy (non-hydrogen) atoms. The molecule has 1 aliphatic rings. The van der Waals surface area contributed by atoms with Crippen LogP contribution in [0, 0.1) is 11.3 Å². The van der Waals surface area contributed by atoms with Gasteiger partial charge in [0.1, 0.15) is 17.4 Å². The molecule has 2 heterocycles. The lowest BCUT2D eigenvalue weighted by atomic mass is 10.2. The second-order valence-electron chi connectivity index (χ2n) is 6.55. The van der Waals surface area contributed by atoms with Crippen LogP contribution in [0.1, 0.15) is 37.5 Å². The molecule has 0 atom stereocenters. The first-order chi connectivity index (χ1) is 13.2. The maximum atomic E-state index is 10.6. The minimum atomic E-state index is -0.0260. The number of thioether (sulfide) groups is 1. The van der Waals surface area contributed by atoms with Gasteiger partial charge < -0.3 is 9.67 Å². The summed E-state index contributed by atoms with van der Waals surface area (Å²) in [5.74, 6) is 0.633. The Bertz CT molecular complexity index is 1040. The van der Waals surface area contributed by atoms with Crippen molar-refractivity contribution in [1.29, 1.82) is 5.26 Å². The lowest BCUT2D eigenvalue weighted by molar-refractivity contribution is 0.416. The van der Waals surface area contributed by atoms with Crippen molar-refractivity contribution in [3.05, 3.63) is 35.8 Å². The summed E-state index contributed by atoms with van der Waals surface area (Å²) in [5, 5.41) is 32.8. The van der Waals surface area contributed by atoms with E-state index in [4.69, 9.17) is 0 Å². The monoisotopic (exact) mass is 381 g/mol. The molecule has 1 N–H and O–H groups in total. The third kappa shape index (κ3) is 3.28. The molecule has 8 nitrogen and oxygen atoms in total. The molecular formula is C18H19N7OS. The molecule has 0 aliphatic heterocycles. The van der Waals surface area contributed by atoms with Crippen LogP contribution in [0.2, 0.25) is 0 Å².